The van der Waals surface area contributed by atoms with E-state index in [1.165, 1.54) is 31.4 Å². The van der Waals surface area contributed by atoms with Gasteiger partial charge < -0.3 is 9.47 Å². The van der Waals surface area contributed by atoms with Crippen LogP contribution in [-0.4, -0.2) is 17.0 Å². The molecular weight excluding hydrogens is 335 g/mol. The summed E-state index contributed by atoms with van der Waals surface area (Å²) < 4.78 is 23.8. The van der Waals surface area contributed by atoms with Gasteiger partial charge in [-0.25, -0.2) is 4.39 Å². The van der Waals surface area contributed by atoms with E-state index in [1.54, 1.807) is 0 Å². The maximum atomic E-state index is 13.2. The molecule has 0 aliphatic carbocycles. The van der Waals surface area contributed by atoms with Gasteiger partial charge >= 0.3 is 11.6 Å². The summed E-state index contributed by atoms with van der Waals surface area (Å²) in [4.78, 5) is 14.1. The molecule has 1 aromatic carbocycles. The number of halogens is 2. The first-order valence-electron chi connectivity index (χ1n) is 5.33. The predicted octanol–water partition coefficient (Wildman–Crippen LogP) is 3.69. The van der Waals surface area contributed by atoms with Crippen molar-refractivity contribution >= 4 is 21.6 Å². The molecule has 104 valence electrons. The van der Waals surface area contributed by atoms with E-state index in [0.717, 1.165) is 6.07 Å². The van der Waals surface area contributed by atoms with E-state index in [1.807, 2.05) is 0 Å². The van der Waals surface area contributed by atoms with Crippen molar-refractivity contribution in [2.45, 2.75) is 0 Å². The van der Waals surface area contributed by atoms with Crippen molar-refractivity contribution in [2.75, 3.05) is 7.11 Å². The first-order valence-corrected chi connectivity index (χ1v) is 6.12. The van der Waals surface area contributed by atoms with Gasteiger partial charge in [-0.15, -0.1) is 0 Å². The van der Waals surface area contributed by atoms with E-state index < -0.39 is 10.7 Å². The summed E-state index contributed by atoms with van der Waals surface area (Å²) in [5.74, 6) is -0.575. The molecule has 0 saturated heterocycles. The molecule has 0 bridgehead atoms. The van der Waals surface area contributed by atoms with Gasteiger partial charge in [0.2, 0.25) is 5.88 Å². The molecule has 0 amide bonds. The molecule has 2 rings (SSSR count). The second kappa shape index (κ2) is 5.83. The van der Waals surface area contributed by atoms with Crippen LogP contribution in [0.3, 0.4) is 0 Å². The second-order valence-electron chi connectivity index (χ2n) is 3.64. The van der Waals surface area contributed by atoms with Crippen LogP contribution in [0.1, 0.15) is 0 Å². The van der Waals surface area contributed by atoms with Gasteiger partial charge in [0.05, 0.1) is 12.0 Å². The Kier molecular flexibility index (Phi) is 4.14. The largest absolute Gasteiger partial charge is 0.481 e. The minimum absolute atomic E-state index is 0.0840. The van der Waals surface area contributed by atoms with Crippen LogP contribution in [0.15, 0.2) is 34.8 Å². The van der Waals surface area contributed by atoms with E-state index in [9.17, 15) is 14.5 Å². The summed E-state index contributed by atoms with van der Waals surface area (Å²) in [5.41, 5.74) is -0.341. The van der Waals surface area contributed by atoms with Gasteiger partial charge in [0, 0.05) is 22.7 Å². The van der Waals surface area contributed by atoms with Crippen LogP contribution in [0.25, 0.3) is 0 Å². The Morgan fingerprint density at radius 3 is 2.70 bits per heavy atom. The monoisotopic (exact) mass is 342 g/mol. The van der Waals surface area contributed by atoms with Crippen LogP contribution in [0.4, 0.5) is 10.1 Å². The van der Waals surface area contributed by atoms with E-state index in [0.29, 0.717) is 4.47 Å². The molecule has 20 heavy (non-hydrogen) atoms. The van der Waals surface area contributed by atoms with Crippen molar-refractivity contribution in [1.29, 1.82) is 0 Å². The minimum Gasteiger partial charge on any atom is -0.481 e. The number of rotatable bonds is 4. The van der Waals surface area contributed by atoms with E-state index in [4.69, 9.17) is 9.47 Å². The minimum atomic E-state index is -0.643. The number of methoxy groups -OCH3 is 1. The van der Waals surface area contributed by atoms with Crippen LogP contribution in [0.2, 0.25) is 0 Å². The Morgan fingerprint density at radius 1 is 1.35 bits per heavy atom. The molecule has 0 atom stereocenters. The third-order valence-corrected chi connectivity index (χ3v) is 2.73. The third kappa shape index (κ3) is 3.21. The lowest BCUT2D eigenvalue weighted by Gasteiger charge is -2.07. The van der Waals surface area contributed by atoms with Crippen molar-refractivity contribution in [3.05, 3.63) is 50.7 Å². The zero-order valence-corrected chi connectivity index (χ0v) is 11.8. The topological polar surface area (TPSA) is 74.5 Å². The summed E-state index contributed by atoms with van der Waals surface area (Å²) in [6.45, 7) is 0. The predicted molar refractivity (Wildman–Crippen MR) is 71.6 cm³/mol. The number of hydrogen-bond donors (Lipinski definition) is 0. The molecule has 0 aliphatic rings. The van der Waals surface area contributed by atoms with E-state index >= 15 is 0 Å². The highest BCUT2D eigenvalue weighted by Gasteiger charge is 2.19. The third-order valence-electron chi connectivity index (χ3n) is 2.27. The molecule has 0 N–H and O–H groups in total. The number of benzene rings is 1. The zero-order valence-electron chi connectivity index (χ0n) is 10.2. The van der Waals surface area contributed by atoms with Crippen molar-refractivity contribution in [3.63, 3.8) is 0 Å². The lowest BCUT2D eigenvalue weighted by atomic mass is 10.3. The first kappa shape index (κ1) is 14.2. The molecule has 8 heteroatoms. The van der Waals surface area contributed by atoms with Crippen LogP contribution in [0, 0.1) is 15.9 Å². The zero-order chi connectivity index (χ0) is 14.7. The highest BCUT2D eigenvalue weighted by atomic mass is 79.9. The molecule has 0 unspecified atom stereocenters. The Bertz CT molecular complexity index is 646. The molecule has 0 aliphatic heterocycles. The number of hydrogen-bond acceptors (Lipinski definition) is 5. The van der Waals surface area contributed by atoms with Gasteiger partial charge in [0.25, 0.3) is 0 Å². The molecule has 0 radical (unpaired) electrons. The second-order valence-corrected chi connectivity index (χ2v) is 4.56. The average Bonchev–Trinajstić information content (AvgIpc) is 2.37. The van der Waals surface area contributed by atoms with Gasteiger partial charge in [-0.1, -0.05) is 15.9 Å². The van der Waals surface area contributed by atoms with E-state index in [-0.39, 0.29) is 23.2 Å². The van der Waals surface area contributed by atoms with E-state index in [2.05, 4.69) is 20.9 Å². The maximum Gasteiger partial charge on any atom is 0.331 e. The van der Waals surface area contributed by atoms with Gasteiger partial charge in [0.15, 0.2) is 0 Å². The smallest absolute Gasteiger partial charge is 0.331 e. The SMILES string of the molecule is COc1ccc([N+](=O)[O-])c(Oc2cc(F)cc(Br)c2)n1. The number of nitrogens with zero attached hydrogens (tertiary/aromatic N) is 2. The van der Waals surface area contributed by atoms with Gasteiger partial charge in [-0.2, -0.15) is 4.98 Å². The average molecular weight is 343 g/mol. The Balaban J connectivity index is 2.42. The Hall–Kier alpha value is -2.22. The van der Waals surface area contributed by atoms with Crippen molar-refractivity contribution in [2.24, 2.45) is 0 Å². The number of aromatic nitrogens is 1. The molecule has 1 aromatic heterocycles. The Morgan fingerprint density at radius 2 is 2.10 bits per heavy atom. The van der Waals surface area contributed by atoms with Crippen molar-refractivity contribution in [3.8, 4) is 17.5 Å². The van der Waals surface area contributed by atoms with Gasteiger partial charge in [0.1, 0.15) is 11.6 Å². The number of nitro groups is 1. The van der Waals surface area contributed by atoms with Gasteiger partial charge in [-0.05, 0) is 12.1 Å². The summed E-state index contributed by atoms with van der Waals surface area (Å²) in [6, 6.07) is 6.34. The molecule has 1 heterocycles. The van der Waals surface area contributed by atoms with Crippen LogP contribution >= 0.6 is 15.9 Å². The van der Waals surface area contributed by atoms with Crippen molar-refractivity contribution < 1.29 is 18.8 Å². The number of pyridine rings is 1. The van der Waals surface area contributed by atoms with Gasteiger partial charge in [-0.3, -0.25) is 10.1 Å². The summed E-state index contributed by atoms with van der Waals surface area (Å²) >= 11 is 3.10. The summed E-state index contributed by atoms with van der Waals surface area (Å²) in [7, 11) is 1.37. The van der Waals surface area contributed by atoms with Crippen LogP contribution in [-0.2, 0) is 0 Å². The standard InChI is InChI=1S/C12H8BrFN2O4/c1-19-11-3-2-10(16(17)18)12(15-11)20-9-5-7(13)4-8(14)6-9/h2-6H,1H3. The highest BCUT2D eigenvalue weighted by Crippen LogP contribution is 2.32. The molecule has 0 fully saturated rings. The highest BCUT2D eigenvalue weighted by molar-refractivity contribution is 9.10. The molecule has 6 nitrogen and oxygen atoms in total. The lowest BCUT2D eigenvalue weighted by Crippen LogP contribution is -1.98. The fraction of sp³-hybridized carbons (Fsp3) is 0.0833. The normalized spacial score (nSPS) is 10.2. The number of ether oxygens (including phenoxy) is 2. The Labute approximate surface area is 121 Å². The molecule has 0 spiro atoms. The molecule has 2 aromatic rings. The van der Waals surface area contributed by atoms with Crippen LogP contribution in [0.5, 0.6) is 17.5 Å². The fourth-order valence-electron chi connectivity index (χ4n) is 1.44. The molecular formula is C12H8BrFN2O4. The summed E-state index contributed by atoms with van der Waals surface area (Å²) in [6.07, 6.45) is 0. The maximum absolute atomic E-state index is 13.2. The van der Waals surface area contributed by atoms with Crippen LogP contribution < -0.4 is 9.47 Å². The quantitative estimate of drug-likeness (QED) is 0.625. The molecule has 0 saturated carbocycles. The first-order chi connectivity index (χ1) is 9.49. The lowest BCUT2D eigenvalue weighted by molar-refractivity contribution is -0.386. The van der Waals surface area contributed by atoms with Crippen molar-refractivity contribution in [1.82, 2.24) is 4.98 Å². The summed E-state index contributed by atoms with van der Waals surface area (Å²) in [5, 5.41) is 10.9. The fourth-order valence-corrected chi connectivity index (χ4v) is 1.89.